The van der Waals surface area contributed by atoms with Crippen molar-refractivity contribution < 1.29 is 38.5 Å². The van der Waals surface area contributed by atoms with Crippen LogP contribution < -0.4 is 10.6 Å². The smallest absolute Gasteiger partial charge is 0.408 e. The summed E-state index contributed by atoms with van der Waals surface area (Å²) in [6, 6.07) is 13.3. The van der Waals surface area contributed by atoms with Gasteiger partial charge in [0.2, 0.25) is 0 Å². The first kappa shape index (κ1) is 29.5. The van der Waals surface area contributed by atoms with Gasteiger partial charge in [-0.2, -0.15) is 0 Å². The number of carbonyl (C=O) groups excluding carboxylic acids is 3. The lowest BCUT2D eigenvalue weighted by atomic mass is 9.98. The fourth-order valence-corrected chi connectivity index (χ4v) is 4.32. The molecule has 0 spiro atoms. The third-order valence-electron chi connectivity index (χ3n) is 6.47. The number of fused-ring (bicyclic) bond motifs is 3. The van der Waals surface area contributed by atoms with Crippen molar-refractivity contribution in [2.75, 3.05) is 13.2 Å². The molecule has 0 saturated carbocycles. The Morgan fingerprint density at radius 1 is 0.897 bits per heavy atom. The number of hydrogen-bond acceptors (Lipinski definition) is 7. The van der Waals surface area contributed by atoms with Crippen LogP contribution >= 0.6 is 0 Å². The van der Waals surface area contributed by atoms with E-state index in [1.165, 1.54) is 0 Å². The van der Waals surface area contributed by atoms with E-state index >= 15 is 0 Å². The third-order valence-corrected chi connectivity index (χ3v) is 6.47. The zero-order chi connectivity index (χ0) is 28.7. The van der Waals surface area contributed by atoms with Gasteiger partial charge in [0.15, 0.2) is 6.04 Å². The molecule has 210 valence electrons. The molecule has 2 aromatic rings. The second kappa shape index (κ2) is 12.6. The maximum absolute atomic E-state index is 12.9. The number of esters is 1. The highest BCUT2D eigenvalue weighted by molar-refractivity contribution is 5.84. The normalized spacial score (nSPS) is 14.7. The van der Waals surface area contributed by atoms with Crippen molar-refractivity contribution in [2.24, 2.45) is 5.92 Å². The van der Waals surface area contributed by atoms with Gasteiger partial charge < -0.3 is 30.0 Å². The number of aliphatic carboxylic acids is 1. The summed E-state index contributed by atoms with van der Waals surface area (Å²) < 4.78 is 15.8. The molecule has 3 rings (SSSR count). The van der Waals surface area contributed by atoms with E-state index in [1.54, 1.807) is 27.7 Å². The van der Waals surface area contributed by atoms with Gasteiger partial charge in [0, 0.05) is 5.92 Å². The summed E-state index contributed by atoms with van der Waals surface area (Å²) in [6.45, 7) is 7.92. The zero-order valence-corrected chi connectivity index (χ0v) is 22.9. The number of amides is 2. The van der Waals surface area contributed by atoms with Gasteiger partial charge in [0.05, 0.1) is 0 Å². The zero-order valence-electron chi connectivity index (χ0n) is 22.9. The molecule has 0 heterocycles. The fraction of sp³-hybridized carbons (Fsp3) is 0.448. The van der Waals surface area contributed by atoms with E-state index in [4.69, 9.17) is 14.2 Å². The molecule has 39 heavy (non-hydrogen) atoms. The first-order valence-corrected chi connectivity index (χ1v) is 12.9. The Morgan fingerprint density at radius 3 is 1.97 bits per heavy atom. The van der Waals surface area contributed by atoms with Gasteiger partial charge in [-0.25, -0.2) is 19.2 Å². The Kier molecular flexibility index (Phi) is 9.56. The van der Waals surface area contributed by atoms with Crippen molar-refractivity contribution in [3.63, 3.8) is 0 Å². The molecule has 10 heteroatoms. The summed E-state index contributed by atoms with van der Waals surface area (Å²) >= 11 is 0. The van der Waals surface area contributed by atoms with Crippen LogP contribution in [0.4, 0.5) is 9.59 Å². The molecular weight excluding hydrogens is 504 g/mol. The van der Waals surface area contributed by atoms with Crippen molar-refractivity contribution >= 4 is 24.1 Å². The van der Waals surface area contributed by atoms with E-state index in [1.807, 2.05) is 55.5 Å². The summed E-state index contributed by atoms with van der Waals surface area (Å²) in [7, 11) is 0. The lowest BCUT2D eigenvalue weighted by Gasteiger charge is -2.24. The first-order valence-electron chi connectivity index (χ1n) is 12.9. The molecule has 2 aromatic carbocycles. The Morgan fingerprint density at radius 2 is 1.46 bits per heavy atom. The molecule has 0 aliphatic heterocycles. The number of carboxylic acids is 1. The van der Waals surface area contributed by atoms with Crippen LogP contribution in [0.2, 0.25) is 0 Å². The minimum atomic E-state index is -1.53. The first-order chi connectivity index (χ1) is 18.4. The molecule has 3 atom stereocenters. The largest absolute Gasteiger partial charge is 0.480 e. The van der Waals surface area contributed by atoms with Crippen molar-refractivity contribution in [2.45, 2.75) is 64.6 Å². The number of alkyl carbamates (subject to hydrolysis) is 2. The Bertz CT molecular complexity index is 1160. The topological polar surface area (TPSA) is 140 Å². The predicted octanol–water partition coefficient (Wildman–Crippen LogP) is 4.46. The number of benzene rings is 2. The van der Waals surface area contributed by atoms with Crippen molar-refractivity contribution in [3.05, 3.63) is 59.7 Å². The number of ether oxygens (including phenoxy) is 3. The summed E-state index contributed by atoms with van der Waals surface area (Å²) in [6.07, 6.45) is -1.22. The highest BCUT2D eigenvalue weighted by Crippen LogP contribution is 2.44. The van der Waals surface area contributed by atoms with Crippen LogP contribution in [0.25, 0.3) is 11.1 Å². The monoisotopic (exact) mass is 540 g/mol. The molecule has 1 aliphatic carbocycles. The van der Waals surface area contributed by atoms with Crippen LogP contribution in [0.5, 0.6) is 0 Å². The average Bonchev–Trinajstić information content (AvgIpc) is 3.20. The molecule has 0 fully saturated rings. The van der Waals surface area contributed by atoms with E-state index in [0.29, 0.717) is 6.42 Å². The Hall–Kier alpha value is -4.08. The quantitative estimate of drug-likeness (QED) is 0.296. The lowest BCUT2D eigenvalue weighted by molar-refractivity contribution is -0.151. The van der Waals surface area contributed by atoms with Crippen molar-refractivity contribution in [1.29, 1.82) is 0 Å². The van der Waals surface area contributed by atoms with Gasteiger partial charge in [-0.05, 0) is 48.9 Å². The molecule has 0 bridgehead atoms. The van der Waals surface area contributed by atoms with Crippen LogP contribution in [0, 0.1) is 5.92 Å². The Labute approximate surface area is 228 Å². The van der Waals surface area contributed by atoms with E-state index in [9.17, 15) is 24.3 Å². The fourth-order valence-electron chi connectivity index (χ4n) is 4.32. The maximum atomic E-state index is 12.9. The lowest BCUT2D eigenvalue weighted by Crippen LogP contribution is -2.49. The Balaban J connectivity index is 1.61. The molecule has 0 aromatic heterocycles. The molecule has 0 saturated heterocycles. The maximum Gasteiger partial charge on any atom is 0.408 e. The van der Waals surface area contributed by atoms with Crippen LogP contribution in [0.3, 0.4) is 0 Å². The second-order valence-corrected chi connectivity index (χ2v) is 10.5. The predicted molar refractivity (Wildman–Crippen MR) is 143 cm³/mol. The molecule has 0 unspecified atom stereocenters. The van der Waals surface area contributed by atoms with E-state index in [2.05, 4.69) is 10.6 Å². The highest BCUT2D eigenvalue weighted by Gasteiger charge is 2.33. The van der Waals surface area contributed by atoms with Gasteiger partial charge in [-0.1, -0.05) is 68.8 Å². The van der Waals surface area contributed by atoms with Gasteiger partial charge >= 0.3 is 24.1 Å². The molecule has 1 aliphatic rings. The van der Waals surface area contributed by atoms with Gasteiger partial charge in [-0.15, -0.1) is 0 Å². The van der Waals surface area contributed by atoms with Crippen molar-refractivity contribution in [3.8, 4) is 11.1 Å². The number of hydrogen-bond donors (Lipinski definition) is 3. The van der Waals surface area contributed by atoms with E-state index in [0.717, 1.165) is 22.3 Å². The highest BCUT2D eigenvalue weighted by atomic mass is 16.6. The summed E-state index contributed by atoms with van der Waals surface area (Å²) in [4.78, 5) is 49.2. The second-order valence-electron chi connectivity index (χ2n) is 10.5. The molecule has 0 radical (unpaired) electrons. The van der Waals surface area contributed by atoms with Crippen LogP contribution in [-0.2, 0) is 23.8 Å². The third kappa shape index (κ3) is 7.72. The summed E-state index contributed by atoms with van der Waals surface area (Å²) in [5.74, 6) is -2.72. The number of nitrogens with one attached hydrogen (secondary N) is 2. The number of carbonyl (C=O) groups is 4. The van der Waals surface area contributed by atoms with Gasteiger partial charge in [0.25, 0.3) is 0 Å². The minimum Gasteiger partial charge on any atom is -0.480 e. The van der Waals surface area contributed by atoms with Crippen LogP contribution in [0.15, 0.2) is 48.5 Å². The molecule has 2 amide bonds. The van der Waals surface area contributed by atoms with Crippen LogP contribution in [0.1, 0.15) is 58.1 Å². The number of rotatable bonds is 10. The molecule has 3 N–H and O–H groups in total. The molecular formula is C29H36N2O8. The summed E-state index contributed by atoms with van der Waals surface area (Å²) in [5, 5.41) is 14.2. The van der Waals surface area contributed by atoms with Gasteiger partial charge in [-0.3, -0.25) is 0 Å². The average molecular weight is 541 g/mol. The SMILES string of the molecule is CC[C@H](C)[C@@H](NC(=O)OCC1c2ccccc2-c2ccccc21)C(=O)OC[C@@H](NC(=O)OC(C)(C)C)C(=O)O. The van der Waals surface area contributed by atoms with Gasteiger partial charge in [0.1, 0.15) is 24.9 Å². The summed E-state index contributed by atoms with van der Waals surface area (Å²) in [5.41, 5.74) is 3.47. The minimum absolute atomic E-state index is 0.0725. The standard InChI is InChI=1S/C29H36N2O8/c1-6-17(2)24(26(34)37-16-23(25(32)33)30-28(36)39-29(3,4)5)31-27(35)38-15-22-20-13-9-7-11-18(20)19-12-8-10-14-21(19)22/h7-14,17,22-24H,6,15-16H2,1-5H3,(H,30,36)(H,31,35)(H,32,33)/t17-,23+,24+/m0/s1. The molecule has 10 nitrogen and oxygen atoms in total. The number of carboxylic acid groups (broad SMARTS) is 1. The van der Waals surface area contributed by atoms with Crippen LogP contribution in [-0.4, -0.2) is 60.1 Å². The van der Waals surface area contributed by atoms with E-state index in [-0.39, 0.29) is 18.4 Å². The van der Waals surface area contributed by atoms with Crippen molar-refractivity contribution in [1.82, 2.24) is 10.6 Å². The van der Waals surface area contributed by atoms with E-state index < -0.39 is 48.4 Å².